The molecule has 3 aromatic carbocycles. The fourth-order valence-electron chi connectivity index (χ4n) is 4.02. The van der Waals surface area contributed by atoms with Crippen LogP contribution in [0.15, 0.2) is 60.7 Å². The van der Waals surface area contributed by atoms with Gasteiger partial charge in [0.1, 0.15) is 5.82 Å². The quantitative estimate of drug-likeness (QED) is 0.526. The molecule has 0 aliphatic heterocycles. The van der Waals surface area contributed by atoms with E-state index in [0.29, 0.717) is 18.7 Å². The summed E-state index contributed by atoms with van der Waals surface area (Å²) >= 11 is 0. The Hall–Kier alpha value is -3.18. The van der Waals surface area contributed by atoms with E-state index in [4.69, 9.17) is 0 Å². The van der Waals surface area contributed by atoms with Gasteiger partial charge in [0.25, 0.3) is 0 Å². The highest BCUT2D eigenvalue weighted by molar-refractivity contribution is 5.95. The maximum absolute atomic E-state index is 13.2. The van der Waals surface area contributed by atoms with Crippen LogP contribution in [0.5, 0.6) is 0 Å². The van der Waals surface area contributed by atoms with Crippen LogP contribution in [0.4, 0.5) is 10.1 Å². The number of fused-ring (bicyclic) bond motifs is 1. The number of carboxylic acid groups (broad SMARTS) is 1. The summed E-state index contributed by atoms with van der Waals surface area (Å²) in [5.74, 6) is -1.31. The van der Waals surface area contributed by atoms with Gasteiger partial charge in [-0.3, -0.25) is 0 Å². The summed E-state index contributed by atoms with van der Waals surface area (Å²) in [5.41, 5.74) is 5.70. The van der Waals surface area contributed by atoms with E-state index in [-0.39, 0.29) is 11.4 Å². The largest absolute Gasteiger partial charge is 0.478 e. The standard InChI is InChI=1S/C25H24FNO3/c26-20-9-6-17(7-10-20)19-8-11-21(25(29)30)23(15-19)27-13-12-16-4-5-18-2-1-3-24(28)22(18)14-16/h4-11,14-15,24,27-28H,1-3,12-13H2,(H,29,30). The van der Waals surface area contributed by atoms with Crippen LogP contribution in [0.2, 0.25) is 0 Å². The zero-order chi connectivity index (χ0) is 21.1. The van der Waals surface area contributed by atoms with Crippen LogP contribution < -0.4 is 5.32 Å². The molecule has 1 atom stereocenters. The van der Waals surface area contributed by atoms with Gasteiger partial charge < -0.3 is 15.5 Å². The molecule has 1 unspecified atom stereocenters. The van der Waals surface area contributed by atoms with Crippen molar-refractivity contribution in [3.8, 4) is 11.1 Å². The smallest absolute Gasteiger partial charge is 0.337 e. The minimum Gasteiger partial charge on any atom is -0.478 e. The number of aryl methyl sites for hydroxylation is 1. The number of nitrogens with one attached hydrogen (secondary N) is 1. The molecule has 0 radical (unpaired) electrons. The molecule has 0 saturated carbocycles. The Balaban J connectivity index is 1.51. The fourth-order valence-corrected chi connectivity index (χ4v) is 4.02. The van der Waals surface area contributed by atoms with Gasteiger partial charge in [-0.05, 0) is 77.8 Å². The van der Waals surface area contributed by atoms with Crippen LogP contribution in [0.3, 0.4) is 0 Å². The Morgan fingerprint density at radius 3 is 2.57 bits per heavy atom. The number of rotatable bonds is 6. The maximum Gasteiger partial charge on any atom is 0.337 e. The monoisotopic (exact) mass is 405 g/mol. The van der Waals surface area contributed by atoms with Gasteiger partial charge in [0.15, 0.2) is 0 Å². The number of hydrogen-bond acceptors (Lipinski definition) is 3. The Morgan fingerprint density at radius 2 is 1.80 bits per heavy atom. The third-order valence-electron chi connectivity index (χ3n) is 5.65. The average molecular weight is 405 g/mol. The molecule has 30 heavy (non-hydrogen) atoms. The van der Waals surface area contributed by atoms with E-state index in [9.17, 15) is 19.4 Å². The van der Waals surface area contributed by atoms with Crippen molar-refractivity contribution in [3.05, 3.63) is 88.7 Å². The van der Waals surface area contributed by atoms with Crippen molar-refractivity contribution in [2.75, 3.05) is 11.9 Å². The molecule has 5 heteroatoms. The van der Waals surface area contributed by atoms with Gasteiger partial charge >= 0.3 is 5.97 Å². The number of aliphatic hydroxyl groups excluding tert-OH is 1. The van der Waals surface area contributed by atoms with Gasteiger partial charge in [0, 0.05) is 12.2 Å². The number of halogens is 1. The Kier molecular flexibility index (Phi) is 5.81. The molecule has 0 bridgehead atoms. The first-order valence-corrected chi connectivity index (χ1v) is 10.2. The lowest BCUT2D eigenvalue weighted by Gasteiger charge is -2.22. The predicted octanol–water partition coefficient (Wildman–Crippen LogP) is 5.22. The summed E-state index contributed by atoms with van der Waals surface area (Å²) < 4.78 is 13.2. The van der Waals surface area contributed by atoms with Gasteiger partial charge in [0.2, 0.25) is 0 Å². The number of carbonyl (C=O) groups is 1. The number of hydrogen-bond donors (Lipinski definition) is 3. The summed E-state index contributed by atoms with van der Waals surface area (Å²) in [6.07, 6.45) is 3.13. The van der Waals surface area contributed by atoms with Crippen molar-refractivity contribution in [2.24, 2.45) is 0 Å². The highest BCUT2D eigenvalue weighted by Crippen LogP contribution is 2.30. The number of carboxylic acids is 1. The van der Waals surface area contributed by atoms with Gasteiger partial charge in [-0.15, -0.1) is 0 Å². The normalized spacial score (nSPS) is 15.5. The second-order valence-electron chi connectivity index (χ2n) is 7.69. The molecule has 1 aliphatic rings. The Labute approximate surface area is 175 Å². The van der Waals surface area contributed by atoms with Crippen LogP contribution >= 0.6 is 0 Å². The molecule has 0 amide bonds. The van der Waals surface area contributed by atoms with Crippen molar-refractivity contribution in [2.45, 2.75) is 31.8 Å². The van der Waals surface area contributed by atoms with Gasteiger partial charge in [-0.2, -0.15) is 0 Å². The first kappa shape index (κ1) is 20.1. The van der Waals surface area contributed by atoms with Gasteiger partial charge in [-0.1, -0.05) is 36.4 Å². The molecule has 154 valence electrons. The first-order valence-electron chi connectivity index (χ1n) is 10.2. The third-order valence-corrected chi connectivity index (χ3v) is 5.65. The molecule has 3 N–H and O–H groups in total. The first-order chi connectivity index (χ1) is 14.5. The number of aliphatic hydroxyl groups is 1. The van der Waals surface area contributed by atoms with Crippen LogP contribution in [-0.4, -0.2) is 22.7 Å². The molecule has 4 nitrogen and oxygen atoms in total. The minimum absolute atomic E-state index is 0.196. The molecule has 0 heterocycles. The molecular weight excluding hydrogens is 381 g/mol. The van der Waals surface area contributed by atoms with Gasteiger partial charge in [0.05, 0.1) is 11.7 Å². The summed E-state index contributed by atoms with van der Waals surface area (Å²) in [6, 6.07) is 17.4. The van der Waals surface area contributed by atoms with Crippen molar-refractivity contribution in [1.29, 1.82) is 0 Å². The van der Waals surface area contributed by atoms with E-state index < -0.39 is 12.1 Å². The average Bonchev–Trinajstić information content (AvgIpc) is 2.74. The summed E-state index contributed by atoms with van der Waals surface area (Å²) in [6.45, 7) is 0.558. The van der Waals surface area contributed by atoms with Gasteiger partial charge in [-0.25, -0.2) is 9.18 Å². The van der Waals surface area contributed by atoms with E-state index in [2.05, 4.69) is 23.5 Å². The minimum atomic E-state index is -1.000. The van der Waals surface area contributed by atoms with E-state index in [1.165, 1.54) is 17.7 Å². The molecular formula is C25H24FNO3. The van der Waals surface area contributed by atoms with Crippen molar-refractivity contribution in [1.82, 2.24) is 0 Å². The lowest BCUT2D eigenvalue weighted by molar-refractivity contribution is 0.0698. The number of benzene rings is 3. The Morgan fingerprint density at radius 1 is 1.03 bits per heavy atom. The predicted molar refractivity (Wildman–Crippen MR) is 115 cm³/mol. The maximum atomic E-state index is 13.2. The van der Waals surface area contributed by atoms with Crippen LogP contribution in [0, 0.1) is 5.82 Å². The van der Waals surface area contributed by atoms with Crippen molar-refractivity contribution < 1.29 is 19.4 Å². The topological polar surface area (TPSA) is 69.6 Å². The lowest BCUT2D eigenvalue weighted by Crippen LogP contribution is -2.12. The highest BCUT2D eigenvalue weighted by Gasteiger charge is 2.18. The van der Waals surface area contributed by atoms with E-state index in [1.807, 2.05) is 0 Å². The Bertz CT molecular complexity index is 1060. The second kappa shape index (κ2) is 8.67. The number of aromatic carboxylic acids is 1. The molecule has 3 aromatic rings. The highest BCUT2D eigenvalue weighted by atomic mass is 19.1. The third kappa shape index (κ3) is 4.36. The van der Waals surface area contributed by atoms with Crippen molar-refractivity contribution in [3.63, 3.8) is 0 Å². The summed E-state index contributed by atoms with van der Waals surface area (Å²) in [5, 5.41) is 23.0. The molecule has 1 aliphatic carbocycles. The SMILES string of the molecule is O=C(O)c1ccc(-c2ccc(F)cc2)cc1NCCc1ccc2c(c1)C(O)CCC2. The zero-order valence-corrected chi connectivity index (χ0v) is 16.6. The molecule has 0 aromatic heterocycles. The fraction of sp³-hybridized carbons (Fsp3) is 0.240. The molecule has 4 rings (SSSR count). The molecule has 0 saturated heterocycles. The van der Waals surface area contributed by atoms with E-state index in [0.717, 1.165) is 41.5 Å². The lowest BCUT2D eigenvalue weighted by atomic mass is 9.88. The van der Waals surface area contributed by atoms with E-state index in [1.54, 1.807) is 30.3 Å². The van der Waals surface area contributed by atoms with E-state index >= 15 is 0 Å². The zero-order valence-electron chi connectivity index (χ0n) is 16.6. The summed E-state index contributed by atoms with van der Waals surface area (Å²) in [4.78, 5) is 11.6. The molecule has 0 spiro atoms. The molecule has 0 fully saturated rings. The van der Waals surface area contributed by atoms with Crippen LogP contribution in [0.1, 0.15) is 46.0 Å². The van der Waals surface area contributed by atoms with Crippen molar-refractivity contribution >= 4 is 11.7 Å². The second-order valence-corrected chi connectivity index (χ2v) is 7.69. The van der Waals surface area contributed by atoms with Crippen LogP contribution in [-0.2, 0) is 12.8 Å². The number of anilines is 1. The summed E-state index contributed by atoms with van der Waals surface area (Å²) in [7, 11) is 0. The van der Waals surface area contributed by atoms with Crippen LogP contribution in [0.25, 0.3) is 11.1 Å².